The minimum Gasteiger partial charge on any atom is -0.490 e. The Balaban J connectivity index is 1.21. The molecule has 7 heteroatoms. The van der Waals surface area contributed by atoms with Gasteiger partial charge in [0.05, 0.1) is 18.3 Å². The predicted octanol–water partition coefficient (Wildman–Crippen LogP) is 7.49. The molecule has 0 spiro atoms. The number of aryl methyl sites for hydroxylation is 1. The molecule has 0 atom stereocenters. The summed E-state index contributed by atoms with van der Waals surface area (Å²) in [6.45, 7) is 2.58. The van der Waals surface area contributed by atoms with Gasteiger partial charge >= 0.3 is 0 Å². The van der Waals surface area contributed by atoms with Crippen LogP contribution in [0.3, 0.4) is 0 Å². The van der Waals surface area contributed by atoms with Crippen LogP contribution in [0, 0.1) is 0 Å². The Morgan fingerprint density at radius 1 is 0.923 bits per heavy atom. The van der Waals surface area contributed by atoms with Crippen molar-refractivity contribution in [2.45, 2.75) is 76.1 Å². The molecule has 2 aliphatic rings. The second kappa shape index (κ2) is 13.5. The summed E-state index contributed by atoms with van der Waals surface area (Å²) in [7, 11) is 0. The number of rotatable bonds is 16. The third kappa shape index (κ3) is 7.53. The van der Waals surface area contributed by atoms with E-state index in [2.05, 4.69) is 34.6 Å². The van der Waals surface area contributed by atoms with Crippen LogP contribution in [0.25, 0.3) is 11.1 Å². The highest BCUT2D eigenvalue weighted by molar-refractivity contribution is 6.34. The van der Waals surface area contributed by atoms with Gasteiger partial charge in [0.25, 0.3) is 0 Å². The Labute approximate surface area is 241 Å². The fourth-order valence-corrected chi connectivity index (χ4v) is 5.48. The highest BCUT2D eigenvalue weighted by atomic mass is 35.5. The number of hydrogen-bond acceptors (Lipinski definition) is 5. The van der Waals surface area contributed by atoms with E-state index in [1.54, 1.807) is 0 Å². The monoisotopic (exact) mass is 568 g/mol. The first-order valence-corrected chi connectivity index (χ1v) is 15.0. The highest BCUT2D eigenvalue weighted by Crippen LogP contribution is 2.53. The van der Waals surface area contributed by atoms with Gasteiger partial charge in [-0.15, -0.1) is 0 Å². The van der Waals surface area contributed by atoms with Crippen molar-refractivity contribution >= 4 is 23.2 Å². The van der Waals surface area contributed by atoms with Crippen molar-refractivity contribution in [3.05, 3.63) is 81.6 Å². The SMILES string of the molecule is OCCCCNCCCCc1cc(Cl)c(COC2(c3cnccc3-c3ccccc3OC3CC3)CC2)cc1Cl. The van der Waals surface area contributed by atoms with Crippen molar-refractivity contribution in [2.24, 2.45) is 0 Å². The number of unbranched alkanes of at least 4 members (excludes halogenated alkanes) is 2. The molecule has 0 amide bonds. The number of para-hydroxylation sites is 1. The average molecular weight is 570 g/mol. The minimum absolute atomic E-state index is 0.262. The van der Waals surface area contributed by atoms with Crippen LogP contribution in [-0.4, -0.2) is 35.9 Å². The number of aromatic nitrogens is 1. The van der Waals surface area contributed by atoms with Crippen molar-refractivity contribution in [2.75, 3.05) is 19.7 Å². The normalized spacial score (nSPS) is 15.9. The largest absolute Gasteiger partial charge is 0.490 e. The first-order valence-electron chi connectivity index (χ1n) is 14.2. The topological polar surface area (TPSA) is 63.6 Å². The highest BCUT2D eigenvalue weighted by Gasteiger charge is 2.47. The molecule has 2 fully saturated rings. The lowest BCUT2D eigenvalue weighted by Crippen LogP contribution is -2.17. The number of nitrogens with zero attached hydrogens (tertiary/aromatic N) is 1. The van der Waals surface area contributed by atoms with E-state index in [4.69, 9.17) is 37.8 Å². The molecule has 39 heavy (non-hydrogen) atoms. The summed E-state index contributed by atoms with van der Waals surface area (Å²) >= 11 is 13.4. The first-order chi connectivity index (χ1) is 19.1. The third-order valence-corrected chi connectivity index (χ3v) is 8.25. The van der Waals surface area contributed by atoms with Crippen molar-refractivity contribution in [1.29, 1.82) is 0 Å². The summed E-state index contributed by atoms with van der Waals surface area (Å²) in [6, 6.07) is 14.3. The maximum absolute atomic E-state index is 8.85. The summed E-state index contributed by atoms with van der Waals surface area (Å²) < 4.78 is 12.8. The van der Waals surface area contributed by atoms with Crippen molar-refractivity contribution < 1.29 is 14.6 Å². The molecule has 1 aromatic heterocycles. The molecule has 2 aliphatic carbocycles. The molecule has 3 aromatic rings. The molecule has 5 nitrogen and oxygen atoms in total. The van der Waals surface area contributed by atoms with Gasteiger partial charge in [0.1, 0.15) is 5.75 Å². The molecule has 0 radical (unpaired) electrons. The predicted molar refractivity (Wildman–Crippen MR) is 158 cm³/mol. The Hall–Kier alpha value is -2.15. The Kier molecular flexibility index (Phi) is 9.80. The molecule has 1 heterocycles. The van der Waals surface area contributed by atoms with Gasteiger partial charge in [0.15, 0.2) is 0 Å². The van der Waals surface area contributed by atoms with E-state index >= 15 is 0 Å². The lowest BCUT2D eigenvalue weighted by atomic mass is 9.96. The van der Waals surface area contributed by atoms with Gasteiger partial charge in [-0.2, -0.15) is 0 Å². The molecular formula is C32H38Cl2N2O3. The van der Waals surface area contributed by atoms with E-state index in [1.165, 1.54) is 0 Å². The van der Waals surface area contributed by atoms with Crippen LogP contribution in [-0.2, 0) is 23.4 Å². The molecule has 0 aliphatic heterocycles. The number of nitrogens with one attached hydrogen (secondary N) is 1. The van der Waals surface area contributed by atoms with Gasteiger partial charge in [-0.25, -0.2) is 0 Å². The molecule has 208 valence electrons. The summed E-state index contributed by atoms with van der Waals surface area (Å²) in [5, 5.41) is 13.7. The Morgan fingerprint density at radius 2 is 1.67 bits per heavy atom. The fraction of sp³-hybridized carbons (Fsp3) is 0.469. The Bertz CT molecular complexity index is 1240. The van der Waals surface area contributed by atoms with Gasteiger partial charge in [-0.3, -0.25) is 4.98 Å². The number of ether oxygens (including phenoxy) is 2. The number of aliphatic hydroxyl groups is 1. The summed E-state index contributed by atoms with van der Waals surface area (Å²) in [5.41, 5.74) is 4.90. The summed E-state index contributed by atoms with van der Waals surface area (Å²) in [5.74, 6) is 0.922. The zero-order valence-electron chi connectivity index (χ0n) is 22.4. The van der Waals surface area contributed by atoms with Crippen molar-refractivity contribution in [1.82, 2.24) is 10.3 Å². The number of pyridine rings is 1. The fourth-order valence-electron chi connectivity index (χ4n) is 4.95. The van der Waals surface area contributed by atoms with Crippen molar-refractivity contribution in [3.8, 4) is 16.9 Å². The van der Waals surface area contributed by atoms with Gasteiger partial charge in [-0.1, -0.05) is 41.4 Å². The molecule has 2 saturated carbocycles. The molecule has 0 bridgehead atoms. The number of halogens is 2. The zero-order chi connectivity index (χ0) is 27.1. The standard InChI is InChI=1S/C32H38Cl2N2O3/c33-29-20-24(30(34)19-23(29)7-3-4-15-35-16-5-6-18-37)22-38-32(13-14-32)28-21-36-17-12-26(28)27-8-1-2-9-31(27)39-25-10-11-25/h1-2,8-9,12,17,19-21,25,35,37H,3-7,10-11,13-16,18,22H2. The Morgan fingerprint density at radius 3 is 2.44 bits per heavy atom. The van der Waals surface area contributed by atoms with Gasteiger partial charge in [0, 0.05) is 40.2 Å². The smallest absolute Gasteiger partial charge is 0.127 e. The zero-order valence-corrected chi connectivity index (χ0v) is 23.9. The number of hydrogen-bond donors (Lipinski definition) is 2. The molecular weight excluding hydrogens is 531 g/mol. The summed E-state index contributed by atoms with van der Waals surface area (Å²) in [6.07, 6.45) is 13.1. The van der Waals surface area contributed by atoms with E-state index in [9.17, 15) is 0 Å². The quantitative estimate of drug-likeness (QED) is 0.175. The van der Waals surface area contributed by atoms with Crippen molar-refractivity contribution in [3.63, 3.8) is 0 Å². The van der Waals surface area contributed by atoms with Gasteiger partial charge in [0.2, 0.25) is 0 Å². The van der Waals surface area contributed by atoms with Gasteiger partial charge in [-0.05, 0) is 112 Å². The second-order valence-electron chi connectivity index (χ2n) is 10.7. The van der Waals surface area contributed by atoms with Gasteiger partial charge < -0.3 is 19.9 Å². The molecule has 5 rings (SSSR count). The number of benzene rings is 2. The minimum atomic E-state index is -0.380. The van der Waals surface area contributed by atoms with E-state index < -0.39 is 0 Å². The molecule has 0 unspecified atom stereocenters. The molecule has 2 N–H and O–H groups in total. The van der Waals surface area contributed by atoms with E-state index in [-0.39, 0.29) is 12.2 Å². The maximum atomic E-state index is 8.85. The van der Waals surface area contributed by atoms with Crippen LogP contribution in [0.4, 0.5) is 0 Å². The van der Waals surface area contributed by atoms with Crippen LogP contribution in [0.1, 0.15) is 68.1 Å². The number of aliphatic hydroxyl groups excluding tert-OH is 1. The van der Waals surface area contributed by atoms with Crippen LogP contribution >= 0.6 is 23.2 Å². The second-order valence-corrected chi connectivity index (χ2v) is 11.5. The lowest BCUT2D eigenvalue weighted by molar-refractivity contribution is 0.0174. The lowest BCUT2D eigenvalue weighted by Gasteiger charge is -2.22. The van der Waals surface area contributed by atoms with E-state index in [1.807, 2.05) is 30.6 Å². The third-order valence-electron chi connectivity index (χ3n) is 7.54. The first kappa shape index (κ1) is 28.4. The molecule has 0 saturated heterocycles. The van der Waals surface area contributed by atoms with Crippen LogP contribution in [0.15, 0.2) is 54.9 Å². The van der Waals surface area contributed by atoms with Crippen LogP contribution < -0.4 is 10.1 Å². The van der Waals surface area contributed by atoms with E-state index in [0.717, 1.165) is 109 Å². The van der Waals surface area contributed by atoms with E-state index in [0.29, 0.717) is 17.7 Å². The maximum Gasteiger partial charge on any atom is 0.127 e. The van der Waals surface area contributed by atoms with Crippen LogP contribution in [0.5, 0.6) is 5.75 Å². The summed E-state index contributed by atoms with van der Waals surface area (Å²) in [4.78, 5) is 4.46. The molecule has 2 aromatic carbocycles. The van der Waals surface area contributed by atoms with Crippen LogP contribution in [0.2, 0.25) is 10.0 Å². The average Bonchev–Trinajstić information content (AvgIpc) is 3.89.